The molecule has 0 radical (unpaired) electrons. The van der Waals surface area contributed by atoms with Crippen molar-refractivity contribution >= 4 is 37.5 Å². The van der Waals surface area contributed by atoms with E-state index in [0.717, 1.165) is 4.47 Å². The zero-order chi connectivity index (χ0) is 21.7. The molecule has 3 aromatic rings. The van der Waals surface area contributed by atoms with Gasteiger partial charge in [-0.3, -0.25) is 4.79 Å². The quantitative estimate of drug-likeness (QED) is 0.529. The van der Waals surface area contributed by atoms with Gasteiger partial charge in [0.05, 0.1) is 12.0 Å². The van der Waals surface area contributed by atoms with E-state index in [-0.39, 0.29) is 17.3 Å². The average Bonchev–Trinajstić information content (AvgIpc) is 2.75. The number of sulfonamides is 1. The number of nitrogens with zero attached hydrogens (tertiary/aromatic N) is 1. The average molecular weight is 489 g/mol. The van der Waals surface area contributed by atoms with Crippen LogP contribution >= 0.6 is 15.9 Å². The number of carbonyl (C=O) groups is 1. The molecule has 0 saturated carbocycles. The van der Waals surface area contributed by atoms with Gasteiger partial charge in [-0.1, -0.05) is 34.1 Å². The van der Waals surface area contributed by atoms with Gasteiger partial charge in [0.1, 0.15) is 5.75 Å². The first kappa shape index (κ1) is 22.0. The molecule has 1 amide bonds. The van der Waals surface area contributed by atoms with Crippen LogP contribution in [0.15, 0.2) is 82.2 Å². The number of nitrogens with one attached hydrogen (secondary N) is 1. The maximum absolute atomic E-state index is 12.8. The lowest BCUT2D eigenvalue weighted by atomic mass is 10.1. The molecule has 30 heavy (non-hydrogen) atoms. The fraction of sp³-hybridized carbons (Fsp3) is 0.136. The summed E-state index contributed by atoms with van der Waals surface area (Å²) in [5.41, 5.74) is 1.64. The molecule has 3 rings (SSSR count). The van der Waals surface area contributed by atoms with Crippen molar-refractivity contribution in [3.8, 4) is 5.75 Å². The number of halogens is 1. The monoisotopic (exact) mass is 488 g/mol. The third-order valence-corrected chi connectivity index (χ3v) is 6.84. The van der Waals surface area contributed by atoms with E-state index in [2.05, 4.69) is 21.2 Å². The van der Waals surface area contributed by atoms with Gasteiger partial charge < -0.3 is 10.1 Å². The number of carbonyl (C=O) groups excluding carboxylic acids is 1. The number of ether oxygens (including phenoxy) is 1. The summed E-state index contributed by atoms with van der Waals surface area (Å²) in [5.74, 6) is 0.208. The Morgan fingerprint density at radius 1 is 1.03 bits per heavy atom. The first-order valence-corrected chi connectivity index (χ1v) is 11.3. The fourth-order valence-corrected chi connectivity index (χ4v) is 4.31. The minimum atomic E-state index is -3.68. The summed E-state index contributed by atoms with van der Waals surface area (Å²) >= 11 is 3.36. The van der Waals surface area contributed by atoms with Gasteiger partial charge in [-0.15, -0.1) is 0 Å². The van der Waals surface area contributed by atoms with E-state index in [1.54, 1.807) is 60.7 Å². The normalized spacial score (nSPS) is 11.3. The predicted octanol–water partition coefficient (Wildman–Crippen LogP) is 4.53. The van der Waals surface area contributed by atoms with E-state index in [9.17, 15) is 13.2 Å². The first-order valence-electron chi connectivity index (χ1n) is 9.06. The third-order valence-electron chi connectivity index (χ3n) is 4.49. The van der Waals surface area contributed by atoms with Gasteiger partial charge in [0.2, 0.25) is 10.0 Å². The molecule has 0 spiro atoms. The van der Waals surface area contributed by atoms with Crippen LogP contribution in [0.25, 0.3) is 0 Å². The second kappa shape index (κ2) is 9.42. The van der Waals surface area contributed by atoms with Crippen molar-refractivity contribution in [1.82, 2.24) is 4.31 Å². The molecule has 0 aromatic heterocycles. The molecular formula is C22H21BrN2O4S. The van der Waals surface area contributed by atoms with Gasteiger partial charge in [0, 0.05) is 34.9 Å². The zero-order valence-corrected chi connectivity index (χ0v) is 18.9. The number of rotatable bonds is 7. The highest BCUT2D eigenvalue weighted by molar-refractivity contribution is 9.10. The summed E-state index contributed by atoms with van der Waals surface area (Å²) < 4.78 is 33.2. The molecule has 0 saturated heterocycles. The summed E-state index contributed by atoms with van der Waals surface area (Å²) in [6.07, 6.45) is 0. The molecule has 0 bridgehead atoms. The Balaban J connectivity index is 1.84. The molecule has 6 nitrogen and oxygen atoms in total. The maximum atomic E-state index is 12.8. The Kier molecular flexibility index (Phi) is 6.91. The van der Waals surface area contributed by atoms with E-state index in [0.29, 0.717) is 22.6 Å². The lowest BCUT2D eigenvalue weighted by Gasteiger charge is -2.19. The van der Waals surface area contributed by atoms with Crippen molar-refractivity contribution < 1.29 is 17.9 Å². The van der Waals surface area contributed by atoms with Crippen LogP contribution in [-0.2, 0) is 16.6 Å². The molecule has 1 N–H and O–H groups in total. The van der Waals surface area contributed by atoms with Gasteiger partial charge in [-0.25, -0.2) is 8.42 Å². The van der Waals surface area contributed by atoms with Crippen LogP contribution in [0.1, 0.15) is 15.9 Å². The Bertz CT molecular complexity index is 1130. The van der Waals surface area contributed by atoms with Crippen molar-refractivity contribution in [2.75, 3.05) is 19.5 Å². The molecular weight excluding hydrogens is 468 g/mol. The Morgan fingerprint density at radius 2 is 1.70 bits per heavy atom. The van der Waals surface area contributed by atoms with Gasteiger partial charge in [0.25, 0.3) is 5.91 Å². The van der Waals surface area contributed by atoms with Crippen LogP contribution < -0.4 is 10.1 Å². The molecule has 0 aliphatic rings. The number of benzene rings is 3. The minimum absolute atomic E-state index is 0.0554. The summed E-state index contributed by atoms with van der Waals surface area (Å²) in [5, 5.41) is 2.83. The molecule has 8 heteroatoms. The van der Waals surface area contributed by atoms with Crippen molar-refractivity contribution in [3.05, 3.63) is 88.4 Å². The largest absolute Gasteiger partial charge is 0.496 e. The topological polar surface area (TPSA) is 75.7 Å². The first-order chi connectivity index (χ1) is 14.3. The van der Waals surface area contributed by atoms with Crippen LogP contribution in [0.2, 0.25) is 0 Å². The number of methoxy groups -OCH3 is 1. The molecule has 0 fully saturated rings. The smallest absolute Gasteiger partial charge is 0.255 e. The molecule has 156 valence electrons. The SMILES string of the molecule is COc1ccc(C(=O)Nc2ccc(Br)cc2)cc1CN(C)S(=O)(=O)c1ccccc1. The number of hydrogen-bond acceptors (Lipinski definition) is 4. The van der Waals surface area contributed by atoms with E-state index in [1.807, 2.05) is 12.1 Å². The second-order valence-electron chi connectivity index (χ2n) is 6.56. The minimum Gasteiger partial charge on any atom is -0.496 e. The highest BCUT2D eigenvalue weighted by atomic mass is 79.9. The van der Waals surface area contributed by atoms with E-state index < -0.39 is 10.0 Å². The van der Waals surface area contributed by atoms with Crippen LogP contribution in [0.4, 0.5) is 5.69 Å². The molecule has 0 aliphatic heterocycles. The number of hydrogen-bond donors (Lipinski definition) is 1. The summed E-state index contributed by atoms with van der Waals surface area (Å²) in [7, 11) is -0.673. The van der Waals surface area contributed by atoms with Crippen molar-refractivity contribution in [3.63, 3.8) is 0 Å². The van der Waals surface area contributed by atoms with Crippen LogP contribution in [0.3, 0.4) is 0 Å². The van der Waals surface area contributed by atoms with Crippen LogP contribution in [-0.4, -0.2) is 32.8 Å². The summed E-state index contributed by atoms with van der Waals surface area (Å²) in [6, 6.07) is 20.4. The summed E-state index contributed by atoms with van der Waals surface area (Å²) in [6.45, 7) is 0.0554. The zero-order valence-electron chi connectivity index (χ0n) is 16.5. The Morgan fingerprint density at radius 3 is 2.33 bits per heavy atom. The Hall–Kier alpha value is -2.68. The lowest BCUT2D eigenvalue weighted by molar-refractivity contribution is 0.102. The molecule has 0 atom stereocenters. The molecule has 0 heterocycles. The highest BCUT2D eigenvalue weighted by Crippen LogP contribution is 2.25. The van der Waals surface area contributed by atoms with Crippen molar-refractivity contribution in [2.24, 2.45) is 0 Å². The standard InChI is InChI=1S/C22H21BrN2O4S/c1-25(30(27,28)20-6-4-3-5-7-20)15-17-14-16(8-13-21(17)29-2)22(26)24-19-11-9-18(23)10-12-19/h3-14H,15H2,1-2H3,(H,24,26). The molecule has 0 aliphatic carbocycles. The van der Waals surface area contributed by atoms with Crippen molar-refractivity contribution in [2.45, 2.75) is 11.4 Å². The lowest BCUT2D eigenvalue weighted by Crippen LogP contribution is -2.27. The fourth-order valence-electron chi connectivity index (χ4n) is 2.88. The molecule has 0 unspecified atom stereocenters. The highest BCUT2D eigenvalue weighted by Gasteiger charge is 2.22. The second-order valence-corrected chi connectivity index (χ2v) is 9.52. The number of anilines is 1. The van der Waals surface area contributed by atoms with Gasteiger partial charge in [-0.2, -0.15) is 4.31 Å². The third kappa shape index (κ3) is 5.08. The van der Waals surface area contributed by atoms with Crippen molar-refractivity contribution in [1.29, 1.82) is 0 Å². The van der Waals surface area contributed by atoms with E-state index in [4.69, 9.17) is 4.74 Å². The van der Waals surface area contributed by atoms with Gasteiger partial charge in [-0.05, 0) is 54.6 Å². The molecule has 3 aromatic carbocycles. The predicted molar refractivity (Wildman–Crippen MR) is 120 cm³/mol. The number of amides is 1. The Labute approximate surface area is 184 Å². The summed E-state index contributed by atoms with van der Waals surface area (Å²) in [4.78, 5) is 12.9. The maximum Gasteiger partial charge on any atom is 0.255 e. The van der Waals surface area contributed by atoms with Crippen LogP contribution in [0, 0.1) is 0 Å². The van der Waals surface area contributed by atoms with E-state index >= 15 is 0 Å². The van der Waals surface area contributed by atoms with E-state index in [1.165, 1.54) is 18.5 Å². The van der Waals surface area contributed by atoms with Crippen LogP contribution in [0.5, 0.6) is 5.75 Å². The van der Waals surface area contributed by atoms with Gasteiger partial charge in [0.15, 0.2) is 0 Å². The van der Waals surface area contributed by atoms with Gasteiger partial charge >= 0.3 is 0 Å².